The van der Waals surface area contributed by atoms with Crippen molar-refractivity contribution in [3.63, 3.8) is 0 Å². The van der Waals surface area contributed by atoms with Gasteiger partial charge in [0.25, 0.3) is 0 Å². The second kappa shape index (κ2) is 8.27. The number of esters is 2. The van der Waals surface area contributed by atoms with E-state index < -0.39 is 23.6 Å². The number of nitrogens with zero attached hydrogens (tertiary/aromatic N) is 1. The van der Waals surface area contributed by atoms with E-state index in [9.17, 15) is 19.8 Å². The Kier molecular flexibility index (Phi) is 7.19. The molecule has 7 nitrogen and oxygen atoms in total. The number of hydrogen-bond acceptors (Lipinski definition) is 7. The average Bonchev–Trinajstić information content (AvgIpc) is 2.47. The highest BCUT2D eigenvalue weighted by molar-refractivity contribution is 5.77. The second-order valence-corrected chi connectivity index (χ2v) is 7.48. The van der Waals surface area contributed by atoms with Gasteiger partial charge in [0, 0.05) is 23.5 Å². The molecule has 1 rings (SSSR count). The van der Waals surface area contributed by atoms with Crippen molar-refractivity contribution in [3.05, 3.63) is 0 Å². The number of piperidine rings is 1. The van der Waals surface area contributed by atoms with Gasteiger partial charge < -0.3 is 19.7 Å². The third-order valence-corrected chi connectivity index (χ3v) is 5.02. The van der Waals surface area contributed by atoms with Crippen LogP contribution >= 0.6 is 0 Å². The number of likely N-dealkylation sites (tertiary alicyclic amines) is 1. The largest absolute Gasteiger partial charge is 0.469 e. The predicted molar refractivity (Wildman–Crippen MR) is 88.3 cm³/mol. The molecule has 0 saturated carbocycles. The molecule has 0 amide bonds. The predicted octanol–water partition coefficient (Wildman–Crippen LogP) is 0.715. The minimum Gasteiger partial charge on any atom is -0.469 e. The lowest BCUT2D eigenvalue weighted by atomic mass is 9.71. The Morgan fingerprint density at radius 2 is 1.75 bits per heavy atom. The Morgan fingerprint density at radius 3 is 2.29 bits per heavy atom. The van der Waals surface area contributed by atoms with Gasteiger partial charge >= 0.3 is 11.9 Å². The van der Waals surface area contributed by atoms with E-state index in [0.29, 0.717) is 13.0 Å². The van der Waals surface area contributed by atoms with Crippen molar-refractivity contribution in [1.82, 2.24) is 4.90 Å². The normalized spacial score (nSPS) is 26.0. The minimum absolute atomic E-state index is 0.0182. The number of methoxy groups -OCH3 is 1. The van der Waals surface area contributed by atoms with E-state index in [1.165, 1.54) is 7.11 Å². The molecule has 0 bridgehead atoms. The summed E-state index contributed by atoms with van der Waals surface area (Å²) in [6.07, 6.45) is -0.142. The van der Waals surface area contributed by atoms with Crippen LogP contribution in [0.3, 0.4) is 0 Å². The fraction of sp³-hybridized carbons (Fsp3) is 0.882. The Balaban J connectivity index is 2.72. The number of aliphatic hydroxyl groups excluding tert-OH is 2. The Hall–Kier alpha value is -1.18. The first-order valence-electron chi connectivity index (χ1n) is 8.35. The molecular weight excluding hydrogens is 314 g/mol. The van der Waals surface area contributed by atoms with Gasteiger partial charge in [-0.15, -0.1) is 0 Å². The lowest BCUT2D eigenvalue weighted by molar-refractivity contribution is -0.165. The lowest BCUT2D eigenvalue weighted by Gasteiger charge is -2.58. The van der Waals surface area contributed by atoms with Crippen LogP contribution in [0.2, 0.25) is 0 Å². The molecule has 1 heterocycles. The van der Waals surface area contributed by atoms with Gasteiger partial charge in [0.2, 0.25) is 0 Å². The molecule has 2 N–H and O–H groups in total. The fourth-order valence-corrected chi connectivity index (χ4v) is 3.78. The van der Waals surface area contributed by atoms with Crippen LogP contribution in [0.4, 0.5) is 0 Å². The van der Waals surface area contributed by atoms with Crippen molar-refractivity contribution in [2.45, 2.75) is 64.1 Å². The van der Waals surface area contributed by atoms with E-state index in [0.717, 1.165) is 0 Å². The molecule has 7 heteroatoms. The van der Waals surface area contributed by atoms with Crippen LogP contribution in [0, 0.1) is 5.92 Å². The highest BCUT2D eigenvalue weighted by Crippen LogP contribution is 2.42. The third-order valence-electron chi connectivity index (χ3n) is 5.02. The van der Waals surface area contributed by atoms with Gasteiger partial charge in [-0.05, 0) is 34.1 Å². The van der Waals surface area contributed by atoms with Crippen molar-refractivity contribution in [3.8, 4) is 0 Å². The first-order chi connectivity index (χ1) is 11.1. The molecule has 0 aliphatic carbocycles. The van der Waals surface area contributed by atoms with E-state index in [1.54, 1.807) is 0 Å². The molecule has 1 aliphatic heterocycles. The molecule has 0 aromatic carbocycles. The molecule has 1 saturated heterocycles. The van der Waals surface area contributed by atoms with E-state index in [2.05, 4.69) is 9.64 Å². The first kappa shape index (κ1) is 20.9. The summed E-state index contributed by atoms with van der Waals surface area (Å²) in [6.45, 7) is 8.62. The Morgan fingerprint density at radius 1 is 1.17 bits per heavy atom. The maximum atomic E-state index is 11.8. The summed E-state index contributed by atoms with van der Waals surface area (Å²) in [5.74, 6) is -1.22. The smallest absolute Gasteiger partial charge is 0.306 e. The summed E-state index contributed by atoms with van der Waals surface area (Å²) in [4.78, 5) is 25.0. The lowest BCUT2D eigenvalue weighted by Crippen LogP contribution is -2.67. The summed E-state index contributed by atoms with van der Waals surface area (Å²) >= 11 is 0. The highest BCUT2D eigenvalue weighted by atomic mass is 16.5. The SMILES string of the molecule is COC(=O)CCC(=O)OCC1C(O)CC(C)(C)N(CCO)C1(C)C. The number of β-amino-alcohol motifs (C(OH)–C–C–N with tert-alkyl or cyclic N) is 1. The van der Waals surface area contributed by atoms with Crippen molar-refractivity contribution in [2.75, 3.05) is 26.9 Å². The number of hydrogen-bond donors (Lipinski definition) is 2. The van der Waals surface area contributed by atoms with Crippen LogP contribution in [0.25, 0.3) is 0 Å². The van der Waals surface area contributed by atoms with Crippen LogP contribution in [0.1, 0.15) is 47.0 Å². The standard InChI is InChI=1S/C17H31NO6/c1-16(2)10-13(20)12(17(3,4)18(16)8-9-19)11-24-15(22)7-6-14(21)23-5/h12-13,19-20H,6-11H2,1-5H3. The molecule has 0 radical (unpaired) electrons. The summed E-state index contributed by atoms with van der Waals surface area (Å²) in [7, 11) is 1.27. The van der Waals surface area contributed by atoms with E-state index in [1.807, 2.05) is 27.7 Å². The number of aliphatic hydroxyl groups is 2. The highest BCUT2D eigenvalue weighted by Gasteiger charge is 2.51. The van der Waals surface area contributed by atoms with Gasteiger partial charge in [-0.3, -0.25) is 14.5 Å². The molecule has 1 aliphatic rings. The molecule has 2 unspecified atom stereocenters. The monoisotopic (exact) mass is 345 g/mol. The first-order valence-corrected chi connectivity index (χ1v) is 8.35. The van der Waals surface area contributed by atoms with Crippen molar-refractivity contribution in [2.24, 2.45) is 5.92 Å². The third kappa shape index (κ3) is 4.91. The number of rotatable bonds is 7. The second-order valence-electron chi connectivity index (χ2n) is 7.48. The van der Waals surface area contributed by atoms with Crippen LogP contribution < -0.4 is 0 Å². The zero-order valence-corrected chi connectivity index (χ0v) is 15.4. The van der Waals surface area contributed by atoms with Crippen molar-refractivity contribution < 1.29 is 29.3 Å². The maximum Gasteiger partial charge on any atom is 0.306 e. The van der Waals surface area contributed by atoms with Crippen molar-refractivity contribution in [1.29, 1.82) is 0 Å². The molecule has 140 valence electrons. The van der Waals surface area contributed by atoms with Crippen LogP contribution in [-0.4, -0.2) is 71.1 Å². The average molecular weight is 345 g/mol. The quantitative estimate of drug-likeness (QED) is 0.656. The van der Waals surface area contributed by atoms with Crippen LogP contribution in [0.5, 0.6) is 0 Å². The minimum atomic E-state index is -0.613. The molecule has 2 atom stereocenters. The topological polar surface area (TPSA) is 96.3 Å². The summed E-state index contributed by atoms with van der Waals surface area (Å²) in [5, 5.41) is 19.9. The summed E-state index contributed by atoms with van der Waals surface area (Å²) < 4.78 is 9.77. The van der Waals surface area contributed by atoms with Gasteiger partial charge in [0.1, 0.15) is 0 Å². The Bertz CT molecular complexity index is 448. The Labute approximate surface area is 143 Å². The number of ether oxygens (including phenoxy) is 2. The number of carbonyl (C=O) groups is 2. The summed E-state index contributed by atoms with van der Waals surface area (Å²) in [5.41, 5.74) is -0.719. The van der Waals surface area contributed by atoms with Crippen molar-refractivity contribution >= 4 is 11.9 Å². The van der Waals surface area contributed by atoms with Crippen LogP contribution in [0.15, 0.2) is 0 Å². The summed E-state index contributed by atoms with van der Waals surface area (Å²) in [6, 6.07) is 0. The van der Waals surface area contributed by atoms with Gasteiger partial charge in [0.15, 0.2) is 0 Å². The molecule has 0 aromatic heterocycles. The molecule has 1 fully saturated rings. The van der Waals surface area contributed by atoms with E-state index in [4.69, 9.17) is 4.74 Å². The van der Waals surface area contributed by atoms with Gasteiger partial charge in [-0.1, -0.05) is 0 Å². The van der Waals surface area contributed by atoms with Gasteiger partial charge in [-0.25, -0.2) is 0 Å². The molecule has 24 heavy (non-hydrogen) atoms. The molecular formula is C17H31NO6. The zero-order valence-electron chi connectivity index (χ0n) is 15.4. The molecule has 0 aromatic rings. The zero-order chi connectivity index (χ0) is 18.5. The van der Waals surface area contributed by atoms with Gasteiger partial charge in [-0.2, -0.15) is 0 Å². The van der Waals surface area contributed by atoms with E-state index in [-0.39, 0.29) is 37.5 Å². The van der Waals surface area contributed by atoms with Crippen LogP contribution in [-0.2, 0) is 19.1 Å². The maximum absolute atomic E-state index is 11.8. The van der Waals surface area contributed by atoms with E-state index >= 15 is 0 Å². The number of carbonyl (C=O) groups excluding carboxylic acids is 2. The molecule has 0 spiro atoms. The van der Waals surface area contributed by atoms with Gasteiger partial charge in [0.05, 0.1) is 39.3 Å². The fourth-order valence-electron chi connectivity index (χ4n) is 3.78.